The van der Waals surface area contributed by atoms with E-state index in [0.29, 0.717) is 38.3 Å². The molecule has 1 saturated heterocycles. The topological polar surface area (TPSA) is 45.2 Å². The molecule has 1 aliphatic heterocycles. The molecular weight excluding hydrogens is 505 g/mol. The number of para-hydroxylation sites is 1. The van der Waals surface area contributed by atoms with Crippen LogP contribution in [0, 0.1) is 5.82 Å². The zero-order valence-electron chi connectivity index (χ0n) is 22.7. The van der Waals surface area contributed by atoms with Gasteiger partial charge in [-0.3, -0.25) is 4.79 Å². The van der Waals surface area contributed by atoms with Gasteiger partial charge in [0, 0.05) is 63.1 Å². The number of anilines is 2. The molecule has 0 radical (unpaired) electrons. The highest BCUT2D eigenvalue weighted by molar-refractivity contribution is 5.77. The Kier molecular flexibility index (Phi) is 8.81. The number of rotatable bonds is 10. The van der Waals surface area contributed by atoms with Gasteiger partial charge in [-0.05, 0) is 66.2 Å². The van der Waals surface area contributed by atoms with Gasteiger partial charge < -0.3 is 24.2 Å². The molecule has 5 rings (SSSR count). The zero-order chi connectivity index (χ0) is 27.7. The first-order valence-corrected chi connectivity index (χ1v) is 13.6. The summed E-state index contributed by atoms with van der Waals surface area (Å²) in [5.41, 5.74) is 3.04. The van der Waals surface area contributed by atoms with Crippen molar-refractivity contribution in [3.63, 3.8) is 0 Å². The molecule has 1 aliphatic rings. The average molecular weight is 540 g/mol. The van der Waals surface area contributed by atoms with E-state index in [-0.39, 0.29) is 11.7 Å². The SMILES string of the molecule is COc1ccc(N2CCN(C(=O)CCN(Cc3ccc(F)cc3)c3cccc(Oc4ccccc4)c3)CC2)cc1. The van der Waals surface area contributed by atoms with Crippen LogP contribution in [0.5, 0.6) is 17.2 Å². The molecule has 0 aliphatic carbocycles. The molecule has 0 bridgehead atoms. The molecule has 1 amide bonds. The molecular formula is C33H34FN3O3. The lowest BCUT2D eigenvalue weighted by atomic mass is 10.1. The number of hydrogen-bond donors (Lipinski definition) is 0. The van der Waals surface area contributed by atoms with E-state index in [1.165, 1.54) is 12.1 Å². The van der Waals surface area contributed by atoms with E-state index in [1.807, 2.05) is 71.6 Å². The summed E-state index contributed by atoms with van der Waals surface area (Å²) in [5, 5.41) is 0. The molecule has 0 spiro atoms. The van der Waals surface area contributed by atoms with E-state index >= 15 is 0 Å². The third-order valence-electron chi connectivity index (χ3n) is 7.11. The van der Waals surface area contributed by atoms with Gasteiger partial charge in [0.25, 0.3) is 0 Å². The fraction of sp³-hybridized carbons (Fsp3) is 0.242. The Balaban J connectivity index is 1.23. The Morgan fingerprint density at radius 2 is 1.50 bits per heavy atom. The number of benzene rings is 4. The summed E-state index contributed by atoms with van der Waals surface area (Å²) in [6.07, 6.45) is 0.382. The predicted octanol–water partition coefficient (Wildman–Crippen LogP) is 6.37. The molecule has 7 heteroatoms. The summed E-state index contributed by atoms with van der Waals surface area (Å²) in [6.45, 7) is 4.02. The van der Waals surface area contributed by atoms with Crippen molar-refractivity contribution in [3.8, 4) is 17.2 Å². The number of carbonyl (C=O) groups excluding carboxylic acids is 1. The Labute approximate surface area is 235 Å². The molecule has 0 aromatic heterocycles. The van der Waals surface area contributed by atoms with Gasteiger partial charge in [0.05, 0.1) is 7.11 Å². The van der Waals surface area contributed by atoms with Gasteiger partial charge in [0.1, 0.15) is 23.1 Å². The Morgan fingerprint density at radius 1 is 0.800 bits per heavy atom. The summed E-state index contributed by atoms with van der Waals surface area (Å²) in [6, 6.07) is 32.0. The standard InChI is InChI=1S/C33H34FN3O3/c1-39-30-16-14-28(15-17-30)35-20-22-36(23-21-35)33(38)18-19-37(25-26-10-12-27(34)13-11-26)29-6-5-9-32(24-29)40-31-7-3-2-4-8-31/h2-17,24H,18-23,25H2,1H3. The second-order valence-corrected chi connectivity index (χ2v) is 9.78. The van der Waals surface area contributed by atoms with Crippen LogP contribution in [0.2, 0.25) is 0 Å². The first kappa shape index (κ1) is 27.1. The number of piperazine rings is 1. The van der Waals surface area contributed by atoms with E-state index in [0.717, 1.165) is 41.5 Å². The number of carbonyl (C=O) groups is 1. The third-order valence-corrected chi connectivity index (χ3v) is 7.11. The van der Waals surface area contributed by atoms with Crippen LogP contribution < -0.4 is 19.3 Å². The number of hydrogen-bond acceptors (Lipinski definition) is 5. The minimum atomic E-state index is -0.266. The first-order valence-electron chi connectivity index (χ1n) is 13.6. The van der Waals surface area contributed by atoms with Crippen molar-refractivity contribution < 1.29 is 18.7 Å². The molecule has 4 aromatic carbocycles. The molecule has 0 unspecified atom stereocenters. The molecule has 1 fully saturated rings. The van der Waals surface area contributed by atoms with Crippen molar-refractivity contribution in [2.45, 2.75) is 13.0 Å². The van der Waals surface area contributed by atoms with Gasteiger partial charge >= 0.3 is 0 Å². The highest BCUT2D eigenvalue weighted by Gasteiger charge is 2.22. The highest BCUT2D eigenvalue weighted by atomic mass is 19.1. The normalized spacial score (nSPS) is 13.2. The Morgan fingerprint density at radius 3 is 2.20 bits per heavy atom. The Bertz CT molecular complexity index is 1370. The van der Waals surface area contributed by atoms with Crippen LogP contribution in [0.15, 0.2) is 103 Å². The molecule has 0 N–H and O–H groups in total. The summed E-state index contributed by atoms with van der Waals surface area (Å²) in [4.78, 5) is 19.6. The predicted molar refractivity (Wildman–Crippen MR) is 157 cm³/mol. The number of methoxy groups -OCH3 is 1. The molecule has 40 heavy (non-hydrogen) atoms. The summed E-state index contributed by atoms with van der Waals surface area (Å²) >= 11 is 0. The first-order chi connectivity index (χ1) is 19.6. The van der Waals surface area contributed by atoms with Crippen molar-refractivity contribution >= 4 is 17.3 Å². The molecule has 206 valence electrons. The van der Waals surface area contributed by atoms with Crippen LogP contribution in [0.4, 0.5) is 15.8 Å². The molecule has 0 atom stereocenters. The number of nitrogens with zero attached hydrogens (tertiary/aromatic N) is 3. The minimum Gasteiger partial charge on any atom is -0.497 e. The highest BCUT2D eigenvalue weighted by Crippen LogP contribution is 2.27. The van der Waals surface area contributed by atoms with Crippen LogP contribution in [-0.4, -0.2) is 50.6 Å². The maximum Gasteiger partial charge on any atom is 0.224 e. The van der Waals surface area contributed by atoms with Crippen LogP contribution in [-0.2, 0) is 11.3 Å². The van der Waals surface area contributed by atoms with Crippen LogP contribution in [0.3, 0.4) is 0 Å². The number of amides is 1. The monoisotopic (exact) mass is 539 g/mol. The zero-order valence-corrected chi connectivity index (χ0v) is 22.7. The number of ether oxygens (including phenoxy) is 2. The van der Waals surface area contributed by atoms with E-state index in [1.54, 1.807) is 19.2 Å². The lowest BCUT2D eigenvalue weighted by Gasteiger charge is -2.36. The van der Waals surface area contributed by atoms with Gasteiger partial charge in [-0.25, -0.2) is 4.39 Å². The van der Waals surface area contributed by atoms with Gasteiger partial charge in [-0.1, -0.05) is 36.4 Å². The molecule has 0 saturated carbocycles. The largest absolute Gasteiger partial charge is 0.497 e. The van der Waals surface area contributed by atoms with E-state index < -0.39 is 0 Å². The summed E-state index contributed by atoms with van der Waals surface area (Å²) < 4.78 is 24.9. The summed E-state index contributed by atoms with van der Waals surface area (Å²) in [7, 11) is 1.66. The van der Waals surface area contributed by atoms with Crippen LogP contribution >= 0.6 is 0 Å². The average Bonchev–Trinajstić information content (AvgIpc) is 3.01. The van der Waals surface area contributed by atoms with E-state index in [9.17, 15) is 9.18 Å². The minimum absolute atomic E-state index is 0.134. The van der Waals surface area contributed by atoms with Crippen molar-refractivity contribution in [1.29, 1.82) is 0 Å². The van der Waals surface area contributed by atoms with Crippen molar-refractivity contribution in [3.05, 3.63) is 115 Å². The Hall–Kier alpha value is -4.52. The molecule has 4 aromatic rings. The number of halogens is 1. The van der Waals surface area contributed by atoms with E-state index in [2.05, 4.69) is 21.9 Å². The van der Waals surface area contributed by atoms with Crippen molar-refractivity contribution in [2.75, 3.05) is 49.6 Å². The smallest absolute Gasteiger partial charge is 0.224 e. The molecule has 1 heterocycles. The fourth-order valence-corrected chi connectivity index (χ4v) is 4.87. The van der Waals surface area contributed by atoms with Crippen LogP contribution in [0.25, 0.3) is 0 Å². The van der Waals surface area contributed by atoms with Crippen molar-refractivity contribution in [1.82, 2.24) is 4.90 Å². The second kappa shape index (κ2) is 13.0. The van der Waals surface area contributed by atoms with Crippen LogP contribution in [0.1, 0.15) is 12.0 Å². The lowest BCUT2D eigenvalue weighted by molar-refractivity contribution is -0.131. The van der Waals surface area contributed by atoms with Gasteiger partial charge in [-0.2, -0.15) is 0 Å². The second-order valence-electron chi connectivity index (χ2n) is 9.78. The van der Waals surface area contributed by atoms with E-state index in [4.69, 9.17) is 9.47 Å². The van der Waals surface area contributed by atoms with Gasteiger partial charge in [0.2, 0.25) is 5.91 Å². The maximum atomic E-state index is 13.5. The quantitative estimate of drug-likeness (QED) is 0.234. The lowest BCUT2D eigenvalue weighted by Crippen LogP contribution is -2.49. The van der Waals surface area contributed by atoms with Gasteiger partial charge in [0.15, 0.2) is 0 Å². The molecule has 6 nitrogen and oxygen atoms in total. The fourth-order valence-electron chi connectivity index (χ4n) is 4.87. The van der Waals surface area contributed by atoms with Crippen molar-refractivity contribution in [2.24, 2.45) is 0 Å². The third kappa shape index (κ3) is 7.11. The maximum absolute atomic E-state index is 13.5. The summed E-state index contributed by atoms with van der Waals surface area (Å²) in [5.74, 6) is 2.18. The van der Waals surface area contributed by atoms with Gasteiger partial charge in [-0.15, -0.1) is 0 Å².